The molecule has 1 aromatic rings. The number of carbonyl (C=O) groups is 3. The average Bonchev–Trinajstić information content (AvgIpc) is 2.57. The summed E-state index contributed by atoms with van der Waals surface area (Å²) in [7, 11) is 0. The summed E-state index contributed by atoms with van der Waals surface area (Å²) < 4.78 is 5.33. The number of rotatable bonds is 10. The van der Waals surface area contributed by atoms with Gasteiger partial charge in [-0.05, 0) is 24.5 Å². The number of carbonyl (C=O) groups excluding carboxylic acids is 2. The van der Waals surface area contributed by atoms with E-state index in [0.29, 0.717) is 6.42 Å². The van der Waals surface area contributed by atoms with Crippen molar-refractivity contribution in [3.8, 4) is 5.75 Å². The van der Waals surface area contributed by atoms with Gasteiger partial charge in [0, 0.05) is 6.20 Å². The molecule has 0 spiro atoms. The van der Waals surface area contributed by atoms with Crippen LogP contribution >= 0.6 is 0 Å². The van der Waals surface area contributed by atoms with Gasteiger partial charge in [0.2, 0.25) is 5.91 Å². The highest BCUT2D eigenvalue weighted by Gasteiger charge is 2.22. The van der Waals surface area contributed by atoms with Crippen LogP contribution in [0.15, 0.2) is 31.0 Å². The van der Waals surface area contributed by atoms with Crippen molar-refractivity contribution in [2.45, 2.75) is 26.3 Å². The number of nitrogens with zero attached hydrogens (tertiary/aromatic N) is 1. The number of nitrogens with one attached hydrogen (secondary N) is 2. The van der Waals surface area contributed by atoms with E-state index >= 15 is 0 Å². The van der Waals surface area contributed by atoms with Gasteiger partial charge in [0.1, 0.15) is 12.6 Å². The predicted octanol–water partition coefficient (Wildman–Crippen LogP) is 0.992. The van der Waals surface area contributed by atoms with Gasteiger partial charge < -0.3 is 20.5 Å². The molecule has 0 saturated heterocycles. The maximum Gasteiger partial charge on any atom is 0.326 e. The number of aliphatic carboxylic acids is 1. The highest BCUT2D eigenvalue weighted by molar-refractivity contribution is 5.97. The van der Waals surface area contributed by atoms with Gasteiger partial charge in [0.15, 0.2) is 11.4 Å². The number of hydrogen-bond acceptors (Lipinski definition) is 5. The lowest BCUT2D eigenvalue weighted by Gasteiger charge is -2.16. The molecule has 25 heavy (non-hydrogen) atoms. The SMILES string of the molecule is C=CCOc1cccnc1C(=O)NCC(=O)N[C@@H](CC(C)C)C(=O)O. The minimum Gasteiger partial charge on any atom is -0.487 e. The average molecular weight is 349 g/mol. The number of pyridine rings is 1. The molecule has 8 nitrogen and oxygen atoms in total. The topological polar surface area (TPSA) is 118 Å². The zero-order chi connectivity index (χ0) is 18.8. The fourth-order valence-electron chi connectivity index (χ4n) is 2.01. The third-order valence-corrected chi connectivity index (χ3v) is 3.09. The van der Waals surface area contributed by atoms with Crippen LogP contribution in [-0.4, -0.2) is 47.1 Å². The summed E-state index contributed by atoms with van der Waals surface area (Å²) in [6.07, 6.45) is 3.26. The Morgan fingerprint density at radius 3 is 2.72 bits per heavy atom. The molecule has 0 aromatic carbocycles. The molecule has 136 valence electrons. The molecule has 0 bridgehead atoms. The largest absolute Gasteiger partial charge is 0.487 e. The molecular weight excluding hydrogens is 326 g/mol. The molecule has 1 rings (SSSR count). The molecule has 0 aliphatic carbocycles. The molecule has 3 N–H and O–H groups in total. The van der Waals surface area contributed by atoms with Gasteiger partial charge in [-0.2, -0.15) is 0 Å². The maximum absolute atomic E-state index is 12.2. The van der Waals surface area contributed by atoms with Crippen LogP contribution in [0.25, 0.3) is 0 Å². The number of carboxylic acid groups (broad SMARTS) is 1. The number of aromatic nitrogens is 1. The first-order valence-electron chi connectivity index (χ1n) is 7.84. The van der Waals surface area contributed by atoms with Crippen LogP contribution in [0, 0.1) is 5.92 Å². The molecule has 1 heterocycles. The number of carboxylic acids is 1. The van der Waals surface area contributed by atoms with Crippen molar-refractivity contribution < 1.29 is 24.2 Å². The Bertz CT molecular complexity index is 630. The van der Waals surface area contributed by atoms with E-state index in [4.69, 9.17) is 9.84 Å². The maximum atomic E-state index is 12.2. The Balaban J connectivity index is 2.62. The minimum atomic E-state index is -1.11. The first-order valence-corrected chi connectivity index (χ1v) is 7.84. The molecule has 1 atom stereocenters. The zero-order valence-electron chi connectivity index (χ0n) is 14.3. The molecule has 8 heteroatoms. The van der Waals surface area contributed by atoms with Gasteiger partial charge in [-0.1, -0.05) is 26.5 Å². The monoisotopic (exact) mass is 349 g/mol. The molecule has 0 unspecified atom stereocenters. The van der Waals surface area contributed by atoms with E-state index in [1.165, 1.54) is 12.3 Å². The molecule has 0 fully saturated rings. The molecule has 2 amide bonds. The van der Waals surface area contributed by atoms with E-state index in [2.05, 4.69) is 22.2 Å². The summed E-state index contributed by atoms with van der Waals surface area (Å²) in [6.45, 7) is 7.09. The molecule has 1 aromatic heterocycles. The van der Waals surface area contributed by atoms with Gasteiger partial charge in [0.05, 0.1) is 6.54 Å². The summed E-state index contributed by atoms with van der Waals surface area (Å²) in [4.78, 5) is 39.1. The first kappa shape index (κ1) is 20.1. The van der Waals surface area contributed by atoms with E-state index in [0.717, 1.165) is 0 Å². The van der Waals surface area contributed by atoms with Crippen LogP contribution in [0.4, 0.5) is 0 Å². The Morgan fingerprint density at radius 2 is 2.12 bits per heavy atom. The Kier molecular flexibility index (Phi) is 8.11. The lowest BCUT2D eigenvalue weighted by Crippen LogP contribution is -2.46. The van der Waals surface area contributed by atoms with Crippen LogP contribution < -0.4 is 15.4 Å². The smallest absolute Gasteiger partial charge is 0.326 e. The van der Waals surface area contributed by atoms with Crippen molar-refractivity contribution in [3.05, 3.63) is 36.7 Å². The number of hydrogen-bond donors (Lipinski definition) is 3. The third-order valence-electron chi connectivity index (χ3n) is 3.09. The zero-order valence-corrected chi connectivity index (χ0v) is 14.3. The lowest BCUT2D eigenvalue weighted by molar-refractivity contribution is -0.142. The van der Waals surface area contributed by atoms with Gasteiger partial charge in [0.25, 0.3) is 5.91 Å². The Labute approximate surface area is 146 Å². The minimum absolute atomic E-state index is 0.0362. The van der Waals surface area contributed by atoms with Gasteiger partial charge >= 0.3 is 5.97 Å². The molecule has 0 radical (unpaired) electrons. The second-order valence-electron chi connectivity index (χ2n) is 5.72. The van der Waals surface area contributed by atoms with Crippen molar-refractivity contribution in [1.82, 2.24) is 15.6 Å². The second kappa shape index (κ2) is 10.1. The van der Waals surface area contributed by atoms with Crippen LogP contribution in [-0.2, 0) is 9.59 Å². The van der Waals surface area contributed by atoms with Gasteiger partial charge in [-0.15, -0.1) is 0 Å². The fourth-order valence-corrected chi connectivity index (χ4v) is 2.01. The lowest BCUT2D eigenvalue weighted by atomic mass is 10.0. The van der Waals surface area contributed by atoms with E-state index in [1.807, 2.05) is 13.8 Å². The summed E-state index contributed by atoms with van der Waals surface area (Å²) in [6, 6.07) is 2.20. The Morgan fingerprint density at radius 1 is 1.40 bits per heavy atom. The van der Waals surface area contributed by atoms with Crippen molar-refractivity contribution in [3.63, 3.8) is 0 Å². The molecular formula is C17H23N3O5. The van der Waals surface area contributed by atoms with Crippen molar-refractivity contribution in [2.75, 3.05) is 13.2 Å². The summed E-state index contributed by atoms with van der Waals surface area (Å²) >= 11 is 0. The number of amides is 2. The van der Waals surface area contributed by atoms with Crippen molar-refractivity contribution >= 4 is 17.8 Å². The van der Waals surface area contributed by atoms with Crippen LogP contribution in [0.3, 0.4) is 0 Å². The van der Waals surface area contributed by atoms with Crippen molar-refractivity contribution in [1.29, 1.82) is 0 Å². The van der Waals surface area contributed by atoms with Crippen LogP contribution in [0.2, 0.25) is 0 Å². The van der Waals surface area contributed by atoms with E-state index in [9.17, 15) is 14.4 Å². The summed E-state index contributed by atoms with van der Waals surface area (Å²) in [5, 5.41) is 13.9. The standard InChI is InChI=1S/C17H23N3O5/c1-4-8-25-13-6-5-7-18-15(13)16(22)19-10-14(21)20-12(17(23)24)9-11(2)3/h4-7,11-12H,1,8-10H2,2-3H3,(H,19,22)(H,20,21)(H,23,24)/t12-/m0/s1. The van der Waals surface area contributed by atoms with E-state index < -0.39 is 23.8 Å². The predicted molar refractivity (Wildman–Crippen MR) is 91.3 cm³/mol. The van der Waals surface area contributed by atoms with Crippen LogP contribution in [0.5, 0.6) is 5.75 Å². The van der Waals surface area contributed by atoms with Gasteiger partial charge in [-0.25, -0.2) is 9.78 Å². The summed E-state index contributed by atoms with van der Waals surface area (Å²) in [5.74, 6) is -1.92. The highest BCUT2D eigenvalue weighted by Crippen LogP contribution is 2.15. The van der Waals surface area contributed by atoms with Crippen LogP contribution in [0.1, 0.15) is 30.8 Å². The first-order chi connectivity index (χ1) is 11.8. The fraction of sp³-hybridized carbons (Fsp3) is 0.412. The third kappa shape index (κ3) is 7.03. The molecule has 0 saturated carbocycles. The van der Waals surface area contributed by atoms with Gasteiger partial charge in [-0.3, -0.25) is 9.59 Å². The quantitative estimate of drug-likeness (QED) is 0.542. The summed E-state index contributed by atoms with van der Waals surface area (Å²) in [5.41, 5.74) is 0.0362. The molecule has 0 aliphatic heterocycles. The highest BCUT2D eigenvalue weighted by atomic mass is 16.5. The van der Waals surface area contributed by atoms with E-state index in [-0.39, 0.29) is 30.5 Å². The second-order valence-corrected chi connectivity index (χ2v) is 5.72. The Hall–Kier alpha value is -2.90. The van der Waals surface area contributed by atoms with Crippen molar-refractivity contribution in [2.24, 2.45) is 5.92 Å². The normalized spacial score (nSPS) is 11.5. The molecule has 0 aliphatic rings. The number of ether oxygens (including phenoxy) is 1. The van der Waals surface area contributed by atoms with E-state index in [1.54, 1.807) is 12.1 Å².